The molecule has 31 heavy (non-hydrogen) atoms. The Morgan fingerprint density at radius 1 is 1.06 bits per heavy atom. The number of esters is 1. The van der Waals surface area contributed by atoms with Gasteiger partial charge in [-0.1, -0.05) is 12.1 Å². The Morgan fingerprint density at radius 3 is 2.39 bits per heavy atom. The highest BCUT2D eigenvalue weighted by Crippen LogP contribution is 2.27. The first kappa shape index (κ1) is 23.1. The molecular weight excluding hydrogens is 410 g/mol. The van der Waals surface area contributed by atoms with E-state index < -0.39 is 35.4 Å². The fourth-order valence-electron chi connectivity index (χ4n) is 2.50. The minimum Gasteiger partial charge on any atom is -0.493 e. The monoisotopic (exact) mass is 431 g/mol. The number of carbonyl (C=O) groups excluding carboxylic acids is 3. The average Bonchev–Trinajstić information content (AvgIpc) is 2.76. The van der Waals surface area contributed by atoms with Crippen LogP contribution in [-0.4, -0.2) is 49.6 Å². The Hall–Kier alpha value is -4.15. The number of hydrogen-bond donors (Lipinski definition) is 2. The molecule has 0 fully saturated rings. The third-order valence-corrected chi connectivity index (χ3v) is 4.08. The van der Waals surface area contributed by atoms with Crippen LogP contribution in [0.1, 0.15) is 17.3 Å². The summed E-state index contributed by atoms with van der Waals surface area (Å²) in [7, 11) is 2.88. The molecule has 0 saturated carbocycles. The summed E-state index contributed by atoms with van der Waals surface area (Å²) in [5.74, 6) is -1.39. The maximum Gasteiger partial charge on any atom is 0.326 e. The zero-order valence-electron chi connectivity index (χ0n) is 17.0. The Labute approximate surface area is 177 Å². The van der Waals surface area contributed by atoms with Crippen LogP contribution in [0, 0.1) is 10.1 Å². The lowest BCUT2D eigenvalue weighted by atomic mass is 10.2. The summed E-state index contributed by atoms with van der Waals surface area (Å²) in [6, 6.07) is 10.0. The lowest BCUT2D eigenvalue weighted by molar-refractivity contribution is -0.383. The fourth-order valence-corrected chi connectivity index (χ4v) is 2.50. The number of benzene rings is 2. The molecule has 11 nitrogen and oxygen atoms in total. The molecule has 1 atom stereocenters. The van der Waals surface area contributed by atoms with Gasteiger partial charge in [0.15, 0.2) is 17.6 Å². The summed E-state index contributed by atoms with van der Waals surface area (Å²) in [6.45, 7) is 0.814. The van der Waals surface area contributed by atoms with E-state index in [9.17, 15) is 24.5 Å². The number of ether oxygens (including phenoxy) is 3. The number of nitrogens with one attached hydrogen (secondary N) is 2. The summed E-state index contributed by atoms with van der Waals surface area (Å²) in [4.78, 5) is 46.7. The molecule has 0 aliphatic rings. The van der Waals surface area contributed by atoms with Crippen molar-refractivity contribution in [2.75, 3.05) is 26.1 Å². The molecule has 11 heteroatoms. The number of nitro benzene ring substituents is 1. The summed E-state index contributed by atoms with van der Waals surface area (Å²) >= 11 is 0. The maximum absolute atomic E-state index is 12.2. The Morgan fingerprint density at radius 2 is 1.74 bits per heavy atom. The molecule has 0 heterocycles. The second-order valence-electron chi connectivity index (χ2n) is 6.15. The zero-order valence-corrected chi connectivity index (χ0v) is 17.0. The minimum atomic E-state index is -1.25. The fraction of sp³-hybridized carbons (Fsp3) is 0.250. The standard InChI is InChI=1S/C20H21N3O8/c1-12(19(25)22-14-6-4-5-7-15(14)23(27)28)31-18(24)11-21-20(26)13-8-9-16(29-2)17(10-13)30-3/h4-10,12H,11H2,1-3H3,(H,21,26)(H,22,25). The van der Waals surface area contributed by atoms with E-state index in [2.05, 4.69) is 10.6 Å². The molecule has 2 aromatic rings. The molecule has 2 amide bonds. The zero-order chi connectivity index (χ0) is 23.0. The second-order valence-corrected chi connectivity index (χ2v) is 6.15. The molecule has 164 valence electrons. The van der Waals surface area contributed by atoms with Gasteiger partial charge in [-0.25, -0.2) is 0 Å². The van der Waals surface area contributed by atoms with Crippen LogP contribution in [0.4, 0.5) is 11.4 Å². The highest BCUT2D eigenvalue weighted by molar-refractivity contribution is 5.98. The van der Waals surface area contributed by atoms with Crippen molar-refractivity contribution >= 4 is 29.2 Å². The SMILES string of the molecule is COc1ccc(C(=O)NCC(=O)OC(C)C(=O)Nc2ccccc2[N+](=O)[O-])cc1OC. The van der Waals surface area contributed by atoms with E-state index in [1.807, 2.05) is 0 Å². The molecular formula is C20H21N3O8. The molecule has 2 rings (SSSR count). The van der Waals surface area contributed by atoms with E-state index >= 15 is 0 Å². The first-order valence-corrected chi connectivity index (χ1v) is 9.00. The topological polar surface area (TPSA) is 146 Å². The van der Waals surface area contributed by atoms with Gasteiger partial charge >= 0.3 is 5.97 Å². The van der Waals surface area contributed by atoms with Gasteiger partial charge in [0, 0.05) is 11.6 Å². The van der Waals surface area contributed by atoms with Crippen LogP contribution in [-0.2, 0) is 14.3 Å². The molecule has 0 aliphatic carbocycles. The highest BCUT2D eigenvalue weighted by atomic mass is 16.6. The first-order valence-electron chi connectivity index (χ1n) is 9.00. The number of nitrogens with zero attached hydrogens (tertiary/aromatic N) is 1. The molecule has 0 bridgehead atoms. The van der Waals surface area contributed by atoms with Gasteiger partial charge in [0.25, 0.3) is 17.5 Å². The second kappa shape index (κ2) is 10.6. The Balaban J connectivity index is 1.90. The number of para-hydroxylation sites is 2. The summed E-state index contributed by atoms with van der Waals surface area (Å²) in [5, 5.41) is 15.7. The van der Waals surface area contributed by atoms with Crippen LogP contribution >= 0.6 is 0 Å². The van der Waals surface area contributed by atoms with Gasteiger partial charge in [-0.3, -0.25) is 24.5 Å². The minimum absolute atomic E-state index is 0.0258. The third kappa shape index (κ3) is 6.16. The largest absolute Gasteiger partial charge is 0.493 e. The van der Waals surface area contributed by atoms with Crippen molar-refractivity contribution in [1.29, 1.82) is 0 Å². The predicted molar refractivity (Wildman–Crippen MR) is 109 cm³/mol. The van der Waals surface area contributed by atoms with Gasteiger partial charge in [0.2, 0.25) is 0 Å². The van der Waals surface area contributed by atoms with E-state index in [0.717, 1.165) is 0 Å². The van der Waals surface area contributed by atoms with Crippen molar-refractivity contribution in [3.05, 3.63) is 58.1 Å². The van der Waals surface area contributed by atoms with E-state index in [-0.39, 0.29) is 16.9 Å². The number of rotatable bonds is 9. The van der Waals surface area contributed by atoms with Crippen LogP contribution in [0.25, 0.3) is 0 Å². The summed E-state index contributed by atoms with van der Waals surface area (Å²) in [5.41, 5.74) is -0.0913. The van der Waals surface area contributed by atoms with Crippen molar-refractivity contribution in [2.24, 2.45) is 0 Å². The maximum atomic E-state index is 12.2. The van der Waals surface area contributed by atoms with Gasteiger partial charge in [-0.15, -0.1) is 0 Å². The Bertz CT molecular complexity index is 992. The molecule has 0 saturated heterocycles. The predicted octanol–water partition coefficient (Wildman–Crippen LogP) is 1.91. The van der Waals surface area contributed by atoms with Gasteiger partial charge in [-0.2, -0.15) is 0 Å². The summed E-state index contributed by atoms with van der Waals surface area (Å²) in [6.07, 6.45) is -1.25. The first-order chi connectivity index (χ1) is 14.8. The van der Waals surface area contributed by atoms with Crippen molar-refractivity contribution in [1.82, 2.24) is 5.32 Å². The molecule has 0 spiro atoms. The number of hydrogen-bond acceptors (Lipinski definition) is 8. The normalized spacial score (nSPS) is 11.1. The van der Waals surface area contributed by atoms with Gasteiger partial charge < -0.3 is 24.8 Å². The number of anilines is 1. The number of carbonyl (C=O) groups is 3. The number of nitro groups is 1. The molecule has 0 radical (unpaired) electrons. The van der Waals surface area contributed by atoms with E-state index in [1.165, 1.54) is 57.5 Å². The number of methoxy groups -OCH3 is 2. The van der Waals surface area contributed by atoms with Crippen molar-refractivity contribution < 1.29 is 33.5 Å². The van der Waals surface area contributed by atoms with E-state index in [4.69, 9.17) is 14.2 Å². The lowest BCUT2D eigenvalue weighted by Gasteiger charge is -2.14. The van der Waals surface area contributed by atoms with Crippen molar-refractivity contribution in [3.8, 4) is 11.5 Å². The van der Waals surface area contributed by atoms with Crippen LogP contribution in [0.3, 0.4) is 0 Å². The van der Waals surface area contributed by atoms with Crippen LogP contribution in [0.15, 0.2) is 42.5 Å². The van der Waals surface area contributed by atoms with Crippen LogP contribution < -0.4 is 20.1 Å². The molecule has 0 aromatic heterocycles. The van der Waals surface area contributed by atoms with E-state index in [1.54, 1.807) is 6.07 Å². The van der Waals surface area contributed by atoms with Crippen molar-refractivity contribution in [2.45, 2.75) is 13.0 Å². The smallest absolute Gasteiger partial charge is 0.326 e. The third-order valence-electron chi connectivity index (χ3n) is 4.08. The van der Waals surface area contributed by atoms with Crippen LogP contribution in [0.5, 0.6) is 11.5 Å². The highest BCUT2D eigenvalue weighted by Gasteiger charge is 2.22. The van der Waals surface area contributed by atoms with Gasteiger partial charge in [-0.05, 0) is 31.2 Å². The lowest BCUT2D eigenvalue weighted by Crippen LogP contribution is -2.35. The molecule has 1 unspecified atom stereocenters. The summed E-state index contributed by atoms with van der Waals surface area (Å²) < 4.78 is 15.2. The molecule has 2 N–H and O–H groups in total. The Kier molecular flexibility index (Phi) is 7.89. The van der Waals surface area contributed by atoms with Gasteiger partial charge in [0.1, 0.15) is 12.2 Å². The van der Waals surface area contributed by atoms with Gasteiger partial charge in [0.05, 0.1) is 19.1 Å². The number of amides is 2. The van der Waals surface area contributed by atoms with Crippen LogP contribution in [0.2, 0.25) is 0 Å². The van der Waals surface area contributed by atoms with E-state index in [0.29, 0.717) is 11.5 Å². The quantitative estimate of drug-likeness (QED) is 0.348. The molecule has 0 aliphatic heterocycles. The average molecular weight is 431 g/mol. The molecule has 2 aromatic carbocycles. The van der Waals surface area contributed by atoms with Crippen molar-refractivity contribution in [3.63, 3.8) is 0 Å².